The van der Waals surface area contributed by atoms with E-state index in [4.69, 9.17) is 5.11 Å². The van der Waals surface area contributed by atoms with Crippen LogP contribution in [0.5, 0.6) is 0 Å². The zero-order valence-corrected chi connectivity index (χ0v) is 11.2. The molecule has 1 aliphatic rings. The number of amides is 1. The number of aromatic nitrogens is 1. The Morgan fingerprint density at radius 3 is 2.85 bits per heavy atom. The summed E-state index contributed by atoms with van der Waals surface area (Å²) >= 11 is 0. The van der Waals surface area contributed by atoms with E-state index in [1.165, 1.54) is 6.07 Å². The van der Waals surface area contributed by atoms with Crippen molar-refractivity contribution in [2.45, 2.75) is 38.1 Å². The van der Waals surface area contributed by atoms with E-state index in [2.05, 4.69) is 4.98 Å². The third-order valence-electron chi connectivity index (χ3n) is 3.58. The molecule has 0 saturated carbocycles. The second kappa shape index (κ2) is 6.36. The number of nitrogens with one attached hydrogen (secondary N) is 1. The Labute approximate surface area is 116 Å². The Bertz CT molecular complexity index is 552. The van der Waals surface area contributed by atoms with Crippen molar-refractivity contribution in [3.8, 4) is 0 Å². The highest BCUT2D eigenvalue weighted by molar-refractivity contribution is 5.92. The van der Waals surface area contributed by atoms with Crippen LogP contribution in [-0.2, 0) is 4.79 Å². The van der Waals surface area contributed by atoms with Crippen molar-refractivity contribution >= 4 is 11.9 Å². The number of carboxylic acids is 1. The van der Waals surface area contributed by atoms with Crippen molar-refractivity contribution in [1.29, 1.82) is 0 Å². The van der Waals surface area contributed by atoms with Crippen LogP contribution in [0.15, 0.2) is 23.0 Å². The molecule has 2 N–H and O–H groups in total. The maximum absolute atomic E-state index is 12.4. The van der Waals surface area contributed by atoms with Gasteiger partial charge in [-0.25, -0.2) is 0 Å². The summed E-state index contributed by atoms with van der Waals surface area (Å²) in [5.41, 5.74) is -0.0466. The van der Waals surface area contributed by atoms with E-state index in [1.54, 1.807) is 17.0 Å². The van der Waals surface area contributed by atoms with Crippen LogP contribution in [0.25, 0.3) is 0 Å². The number of H-pyrrole nitrogens is 1. The van der Waals surface area contributed by atoms with E-state index >= 15 is 0 Å². The zero-order valence-electron chi connectivity index (χ0n) is 11.2. The first kappa shape index (κ1) is 14.3. The smallest absolute Gasteiger partial charge is 0.303 e. The summed E-state index contributed by atoms with van der Waals surface area (Å²) in [6.45, 7) is 0.611. The van der Waals surface area contributed by atoms with Gasteiger partial charge in [-0.1, -0.05) is 6.07 Å². The number of carbonyl (C=O) groups is 2. The lowest BCUT2D eigenvalue weighted by atomic mass is 9.97. The lowest BCUT2D eigenvalue weighted by Crippen LogP contribution is -2.44. The first-order chi connectivity index (χ1) is 9.58. The Morgan fingerprint density at radius 2 is 2.15 bits per heavy atom. The van der Waals surface area contributed by atoms with Gasteiger partial charge in [0.25, 0.3) is 5.91 Å². The Kier molecular flexibility index (Phi) is 4.55. The molecule has 0 spiro atoms. The number of likely N-dealkylation sites (tertiary alicyclic amines) is 1. The molecule has 0 aliphatic carbocycles. The van der Waals surface area contributed by atoms with Gasteiger partial charge in [0.2, 0.25) is 5.56 Å². The summed E-state index contributed by atoms with van der Waals surface area (Å²) in [4.78, 5) is 38.6. The van der Waals surface area contributed by atoms with Crippen molar-refractivity contribution in [3.05, 3.63) is 34.2 Å². The number of hydrogen-bond donors (Lipinski definition) is 2. The fraction of sp³-hybridized carbons (Fsp3) is 0.500. The largest absolute Gasteiger partial charge is 0.481 e. The molecule has 2 rings (SSSR count). The molecule has 1 unspecified atom stereocenters. The number of nitrogens with zero attached hydrogens (tertiary/aromatic N) is 1. The summed E-state index contributed by atoms with van der Waals surface area (Å²) in [5, 5.41) is 8.77. The minimum Gasteiger partial charge on any atom is -0.481 e. The highest BCUT2D eigenvalue weighted by atomic mass is 16.4. The van der Waals surface area contributed by atoms with Gasteiger partial charge in [-0.3, -0.25) is 14.4 Å². The number of rotatable bonds is 4. The topological polar surface area (TPSA) is 90.5 Å². The lowest BCUT2D eigenvalue weighted by Gasteiger charge is -2.35. The quantitative estimate of drug-likeness (QED) is 0.866. The zero-order chi connectivity index (χ0) is 14.5. The molecular weight excluding hydrogens is 260 g/mol. The fourth-order valence-corrected chi connectivity index (χ4v) is 2.59. The molecular formula is C14H18N2O4. The number of aliphatic carboxylic acids is 1. The van der Waals surface area contributed by atoms with Crippen LogP contribution in [0.2, 0.25) is 0 Å². The molecule has 1 amide bonds. The van der Waals surface area contributed by atoms with Gasteiger partial charge >= 0.3 is 5.97 Å². The molecule has 1 aromatic rings. The highest BCUT2D eigenvalue weighted by Crippen LogP contribution is 2.22. The standard InChI is InChI=1S/C14H18N2O4/c17-12-6-3-5-11(15-12)14(20)16-9-2-1-4-10(16)7-8-13(18)19/h3,5-6,10H,1-2,4,7-9H2,(H,15,17)(H,18,19). The summed E-state index contributed by atoms with van der Waals surface area (Å²) in [7, 11) is 0. The van der Waals surface area contributed by atoms with Crippen molar-refractivity contribution < 1.29 is 14.7 Å². The molecule has 108 valence electrons. The first-order valence-corrected chi connectivity index (χ1v) is 6.80. The van der Waals surface area contributed by atoms with E-state index in [-0.39, 0.29) is 29.6 Å². The maximum Gasteiger partial charge on any atom is 0.303 e. The molecule has 1 aliphatic heterocycles. The van der Waals surface area contributed by atoms with Gasteiger partial charge in [-0.2, -0.15) is 0 Å². The minimum atomic E-state index is -0.851. The third-order valence-corrected chi connectivity index (χ3v) is 3.58. The van der Waals surface area contributed by atoms with Crippen LogP contribution in [-0.4, -0.2) is 39.5 Å². The third kappa shape index (κ3) is 3.46. The summed E-state index contributed by atoms with van der Waals surface area (Å²) in [5.74, 6) is -1.08. The second-order valence-corrected chi connectivity index (χ2v) is 5.01. The van der Waals surface area contributed by atoms with Gasteiger partial charge in [0.1, 0.15) is 5.69 Å². The predicted molar refractivity (Wildman–Crippen MR) is 72.6 cm³/mol. The van der Waals surface area contributed by atoms with Gasteiger partial charge in [-0.15, -0.1) is 0 Å². The molecule has 6 nitrogen and oxygen atoms in total. The summed E-state index contributed by atoms with van der Waals surface area (Å²) in [6, 6.07) is 4.42. The fourth-order valence-electron chi connectivity index (χ4n) is 2.59. The maximum atomic E-state index is 12.4. The lowest BCUT2D eigenvalue weighted by molar-refractivity contribution is -0.137. The number of piperidine rings is 1. The monoisotopic (exact) mass is 278 g/mol. The minimum absolute atomic E-state index is 0.0553. The number of carboxylic acid groups (broad SMARTS) is 1. The number of hydrogen-bond acceptors (Lipinski definition) is 3. The van der Waals surface area contributed by atoms with Crippen LogP contribution < -0.4 is 5.56 Å². The molecule has 0 aromatic carbocycles. The van der Waals surface area contributed by atoms with Crippen molar-refractivity contribution in [3.63, 3.8) is 0 Å². The summed E-state index contributed by atoms with van der Waals surface area (Å²) in [6.07, 6.45) is 3.24. The van der Waals surface area contributed by atoms with Gasteiger partial charge in [0.05, 0.1) is 0 Å². The van der Waals surface area contributed by atoms with E-state index in [1.807, 2.05) is 0 Å². The second-order valence-electron chi connectivity index (χ2n) is 5.01. The van der Waals surface area contributed by atoms with Gasteiger partial charge in [-0.05, 0) is 31.7 Å². The van der Waals surface area contributed by atoms with Crippen LogP contribution >= 0.6 is 0 Å². The Morgan fingerprint density at radius 1 is 1.35 bits per heavy atom. The highest BCUT2D eigenvalue weighted by Gasteiger charge is 2.28. The van der Waals surface area contributed by atoms with E-state index in [9.17, 15) is 14.4 Å². The molecule has 1 aromatic heterocycles. The van der Waals surface area contributed by atoms with Gasteiger partial charge in [0, 0.05) is 25.1 Å². The Balaban J connectivity index is 2.12. The van der Waals surface area contributed by atoms with Crippen molar-refractivity contribution in [2.24, 2.45) is 0 Å². The van der Waals surface area contributed by atoms with Gasteiger partial charge in [0.15, 0.2) is 0 Å². The van der Waals surface area contributed by atoms with Gasteiger partial charge < -0.3 is 15.0 Å². The first-order valence-electron chi connectivity index (χ1n) is 6.80. The molecule has 20 heavy (non-hydrogen) atoms. The molecule has 1 atom stereocenters. The van der Waals surface area contributed by atoms with Crippen LogP contribution in [0.4, 0.5) is 0 Å². The Hall–Kier alpha value is -2.11. The average molecular weight is 278 g/mol. The van der Waals surface area contributed by atoms with E-state index in [0.717, 1.165) is 19.3 Å². The number of aromatic amines is 1. The van der Waals surface area contributed by atoms with Crippen molar-refractivity contribution in [1.82, 2.24) is 9.88 Å². The molecule has 0 radical (unpaired) electrons. The van der Waals surface area contributed by atoms with E-state index in [0.29, 0.717) is 13.0 Å². The number of carbonyl (C=O) groups excluding carboxylic acids is 1. The SMILES string of the molecule is O=C(O)CCC1CCCCN1C(=O)c1cccc(=O)[nH]1. The number of pyridine rings is 1. The molecule has 2 heterocycles. The van der Waals surface area contributed by atoms with E-state index < -0.39 is 5.97 Å². The van der Waals surface area contributed by atoms with Crippen LogP contribution in [0.3, 0.4) is 0 Å². The molecule has 0 bridgehead atoms. The van der Waals surface area contributed by atoms with Crippen LogP contribution in [0, 0.1) is 0 Å². The van der Waals surface area contributed by atoms with Crippen molar-refractivity contribution in [2.75, 3.05) is 6.54 Å². The summed E-state index contributed by atoms with van der Waals surface area (Å²) < 4.78 is 0. The predicted octanol–water partition coefficient (Wildman–Crippen LogP) is 1.23. The average Bonchev–Trinajstić information content (AvgIpc) is 2.44. The van der Waals surface area contributed by atoms with Crippen LogP contribution in [0.1, 0.15) is 42.6 Å². The molecule has 6 heteroatoms. The molecule has 1 fully saturated rings. The normalized spacial score (nSPS) is 18.8. The molecule has 1 saturated heterocycles.